The van der Waals surface area contributed by atoms with Crippen molar-refractivity contribution in [2.45, 2.75) is 62.6 Å². The Morgan fingerprint density at radius 1 is 1.24 bits per heavy atom. The average Bonchev–Trinajstić information content (AvgIpc) is 2.47. The largest absolute Gasteiger partial charge is 0.352 e. The van der Waals surface area contributed by atoms with Gasteiger partial charge >= 0.3 is 0 Å². The Morgan fingerprint density at radius 2 is 1.88 bits per heavy atom. The number of rotatable bonds is 3. The molecule has 2 heterocycles. The number of nitrogens with zero attached hydrogens (tertiary/aromatic N) is 1. The Bertz CT molecular complexity index is 671. The van der Waals surface area contributed by atoms with Crippen LogP contribution >= 0.6 is 11.8 Å². The molecule has 0 atom stereocenters. The summed E-state index contributed by atoms with van der Waals surface area (Å²) in [7, 11) is 0. The molecule has 0 aromatic heterocycles. The summed E-state index contributed by atoms with van der Waals surface area (Å²) in [6.07, 6.45) is 1.76. The van der Waals surface area contributed by atoms with Crippen molar-refractivity contribution in [1.82, 2.24) is 10.6 Å². The Balaban J connectivity index is 1.68. The molecule has 0 radical (unpaired) electrons. The van der Waals surface area contributed by atoms with Gasteiger partial charge in [0.25, 0.3) is 0 Å². The van der Waals surface area contributed by atoms with E-state index in [4.69, 9.17) is 0 Å². The second-order valence-corrected chi connectivity index (χ2v) is 9.32. The van der Waals surface area contributed by atoms with E-state index in [-0.39, 0.29) is 35.5 Å². The molecule has 2 aliphatic heterocycles. The van der Waals surface area contributed by atoms with Crippen LogP contribution in [-0.2, 0) is 9.59 Å². The van der Waals surface area contributed by atoms with E-state index in [1.165, 1.54) is 11.8 Å². The summed E-state index contributed by atoms with van der Waals surface area (Å²) in [6.45, 7) is 8.73. The first-order valence-electron chi connectivity index (χ1n) is 8.76. The number of hydrogen-bond acceptors (Lipinski definition) is 4. The van der Waals surface area contributed by atoms with Crippen molar-refractivity contribution < 1.29 is 9.59 Å². The first kappa shape index (κ1) is 18.3. The maximum atomic E-state index is 12.6. The second-order valence-electron chi connectivity index (χ2n) is 8.30. The molecule has 6 heteroatoms. The molecule has 0 unspecified atom stereocenters. The second kappa shape index (κ2) is 6.65. The molecule has 0 aliphatic carbocycles. The third-order valence-corrected chi connectivity index (χ3v) is 5.71. The van der Waals surface area contributed by atoms with Gasteiger partial charge in [0, 0.05) is 22.0 Å². The lowest BCUT2D eigenvalue weighted by Crippen LogP contribution is -2.62. The number of carbonyl (C=O) groups excluding carboxylic acids is 2. The van der Waals surface area contributed by atoms with E-state index < -0.39 is 0 Å². The molecule has 2 aliphatic rings. The van der Waals surface area contributed by atoms with Gasteiger partial charge in [-0.1, -0.05) is 12.1 Å². The smallest absolute Gasteiger partial charge is 0.240 e. The molecule has 25 heavy (non-hydrogen) atoms. The number of anilines is 1. The normalized spacial score (nSPS) is 22.4. The third kappa shape index (κ3) is 4.36. The predicted octanol–water partition coefficient (Wildman–Crippen LogP) is 2.55. The maximum Gasteiger partial charge on any atom is 0.240 e. The highest BCUT2D eigenvalue weighted by Gasteiger charge is 2.38. The van der Waals surface area contributed by atoms with Crippen LogP contribution in [0.25, 0.3) is 0 Å². The van der Waals surface area contributed by atoms with E-state index in [1.54, 1.807) is 4.90 Å². The lowest BCUT2D eigenvalue weighted by atomic mass is 9.79. The van der Waals surface area contributed by atoms with E-state index in [2.05, 4.69) is 38.3 Å². The highest BCUT2D eigenvalue weighted by atomic mass is 32.2. The van der Waals surface area contributed by atoms with E-state index in [1.807, 2.05) is 24.3 Å². The van der Waals surface area contributed by atoms with Crippen LogP contribution in [0, 0.1) is 0 Å². The van der Waals surface area contributed by atoms with Crippen molar-refractivity contribution in [3.05, 3.63) is 24.3 Å². The quantitative estimate of drug-likeness (QED) is 0.869. The number of piperidine rings is 1. The van der Waals surface area contributed by atoms with Crippen LogP contribution < -0.4 is 15.5 Å². The number of thioether (sulfide) groups is 1. The summed E-state index contributed by atoms with van der Waals surface area (Å²) in [6, 6.07) is 7.88. The fourth-order valence-corrected chi connectivity index (χ4v) is 5.10. The van der Waals surface area contributed by atoms with Gasteiger partial charge in [-0.2, -0.15) is 0 Å². The van der Waals surface area contributed by atoms with Gasteiger partial charge in [0.1, 0.15) is 6.54 Å². The summed E-state index contributed by atoms with van der Waals surface area (Å²) < 4.78 is 0. The van der Waals surface area contributed by atoms with Gasteiger partial charge in [-0.15, -0.1) is 11.8 Å². The SMILES string of the molecule is CC1(C)CC(NC(=O)CN2C(=O)CSc3ccccc32)CC(C)(C)N1. The van der Waals surface area contributed by atoms with Gasteiger partial charge in [-0.3, -0.25) is 9.59 Å². The first-order valence-corrected chi connectivity index (χ1v) is 9.75. The zero-order chi connectivity index (χ0) is 18.2. The molecule has 0 spiro atoms. The number of para-hydroxylation sites is 1. The summed E-state index contributed by atoms with van der Waals surface area (Å²) in [5, 5.41) is 6.77. The van der Waals surface area contributed by atoms with Crippen LogP contribution in [0.15, 0.2) is 29.2 Å². The van der Waals surface area contributed by atoms with Crippen molar-refractivity contribution >= 4 is 29.3 Å². The minimum atomic E-state index is -0.0893. The Kier molecular flexibility index (Phi) is 4.86. The summed E-state index contributed by atoms with van der Waals surface area (Å²) >= 11 is 1.53. The number of carbonyl (C=O) groups is 2. The molecule has 0 saturated carbocycles. The standard InChI is InChI=1S/C19H27N3O2S/c1-18(2)9-13(10-19(3,4)21-18)20-16(23)11-22-14-7-5-6-8-15(14)25-12-17(22)24/h5-8,13,21H,9-12H2,1-4H3,(H,20,23). The Morgan fingerprint density at radius 3 is 2.56 bits per heavy atom. The molecule has 1 saturated heterocycles. The molecule has 1 fully saturated rings. The highest BCUT2D eigenvalue weighted by Crippen LogP contribution is 2.34. The molecule has 1 aromatic carbocycles. The van der Waals surface area contributed by atoms with Crippen molar-refractivity contribution in [2.75, 3.05) is 17.2 Å². The summed E-state index contributed by atoms with van der Waals surface area (Å²) in [5.41, 5.74) is 0.790. The van der Waals surface area contributed by atoms with Gasteiger partial charge in [0.2, 0.25) is 11.8 Å². The molecule has 5 nitrogen and oxygen atoms in total. The van der Waals surface area contributed by atoms with E-state index in [9.17, 15) is 9.59 Å². The minimum absolute atomic E-state index is 0.00943. The molecule has 136 valence electrons. The predicted molar refractivity (Wildman–Crippen MR) is 102 cm³/mol. The van der Waals surface area contributed by atoms with Gasteiger partial charge in [0.15, 0.2) is 0 Å². The van der Waals surface area contributed by atoms with Crippen LogP contribution in [0.4, 0.5) is 5.69 Å². The maximum absolute atomic E-state index is 12.6. The molecular weight excluding hydrogens is 334 g/mol. The molecule has 3 rings (SSSR count). The van der Waals surface area contributed by atoms with Crippen LogP contribution in [-0.4, -0.2) is 41.2 Å². The zero-order valence-electron chi connectivity index (χ0n) is 15.4. The van der Waals surface area contributed by atoms with Crippen LogP contribution in [0.5, 0.6) is 0 Å². The number of nitrogens with one attached hydrogen (secondary N) is 2. The van der Waals surface area contributed by atoms with Gasteiger partial charge in [-0.25, -0.2) is 0 Å². The Hall–Kier alpha value is -1.53. The van der Waals surface area contributed by atoms with E-state index >= 15 is 0 Å². The first-order chi connectivity index (χ1) is 11.7. The van der Waals surface area contributed by atoms with E-state index in [0.29, 0.717) is 5.75 Å². The summed E-state index contributed by atoms with van der Waals surface area (Å²) in [4.78, 5) is 27.6. The topological polar surface area (TPSA) is 61.4 Å². The van der Waals surface area contributed by atoms with E-state index in [0.717, 1.165) is 23.4 Å². The highest BCUT2D eigenvalue weighted by molar-refractivity contribution is 8.00. The lowest BCUT2D eigenvalue weighted by Gasteiger charge is -2.46. The van der Waals surface area contributed by atoms with Crippen LogP contribution in [0.3, 0.4) is 0 Å². The fourth-order valence-electron chi connectivity index (χ4n) is 4.17. The van der Waals surface area contributed by atoms with Crippen LogP contribution in [0.1, 0.15) is 40.5 Å². The number of benzene rings is 1. The number of fused-ring (bicyclic) bond motifs is 1. The Labute approximate surface area is 153 Å². The minimum Gasteiger partial charge on any atom is -0.352 e. The van der Waals surface area contributed by atoms with Crippen molar-refractivity contribution in [1.29, 1.82) is 0 Å². The molecule has 1 aromatic rings. The van der Waals surface area contributed by atoms with Crippen molar-refractivity contribution in [3.63, 3.8) is 0 Å². The molecule has 2 N–H and O–H groups in total. The molecular formula is C19H27N3O2S. The van der Waals surface area contributed by atoms with Crippen LogP contribution in [0.2, 0.25) is 0 Å². The zero-order valence-corrected chi connectivity index (χ0v) is 16.2. The third-order valence-electron chi connectivity index (χ3n) is 4.67. The number of hydrogen-bond donors (Lipinski definition) is 2. The van der Waals surface area contributed by atoms with Gasteiger partial charge in [0.05, 0.1) is 11.4 Å². The fraction of sp³-hybridized carbons (Fsp3) is 0.579. The molecule has 0 bridgehead atoms. The van der Waals surface area contributed by atoms with Gasteiger partial charge < -0.3 is 15.5 Å². The lowest BCUT2D eigenvalue weighted by molar-refractivity contribution is -0.123. The van der Waals surface area contributed by atoms with Gasteiger partial charge in [-0.05, 0) is 52.7 Å². The molecule has 2 amide bonds. The van der Waals surface area contributed by atoms with Crippen molar-refractivity contribution in [3.8, 4) is 0 Å². The monoisotopic (exact) mass is 361 g/mol. The average molecular weight is 362 g/mol. The number of amides is 2. The van der Waals surface area contributed by atoms with Crippen molar-refractivity contribution in [2.24, 2.45) is 0 Å². The summed E-state index contributed by atoms with van der Waals surface area (Å²) in [5.74, 6) is 0.288.